The third-order valence-corrected chi connectivity index (χ3v) is 3.80. The maximum absolute atomic E-state index is 12.2. The molecule has 0 bridgehead atoms. The summed E-state index contributed by atoms with van der Waals surface area (Å²) in [7, 11) is 0. The largest absolute Gasteiger partial charge is 0.488 e. The molecular formula is C17H17BrN2O4. The van der Waals surface area contributed by atoms with Gasteiger partial charge < -0.3 is 9.47 Å². The fraction of sp³-hybridized carbons (Fsp3) is 0.176. The Labute approximate surface area is 148 Å². The van der Waals surface area contributed by atoms with Crippen molar-refractivity contribution in [2.75, 3.05) is 6.61 Å². The molecule has 126 valence electrons. The van der Waals surface area contributed by atoms with Crippen molar-refractivity contribution in [3.8, 4) is 5.75 Å². The van der Waals surface area contributed by atoms with Gasteiger partial charge in [-0.25, -0.2) is 10.2 Å². The predicted octanol–water partition coefficient (Wildman–Crippen LogP) is 3.42. The summed E-state index contributed by atoms with van der Waals surface area (Å²) in [5, 5.41) is 0. The van der Waals surface area contributed by atoms with Gasteiger partial charge in [-0.1, -0.05) is 46.3 Å². The van der Waals surface area contributed by atoms with E-state index in [2.05, 4.69) is 31.5 Å². The van der Waals surface area contributed by atoms with Crippen LogP contribution in [-0.4, -0.2) is 18.6 Å². The fourth-order valence-corrected chi connectivity index (χ4v) is 2.29. The number of hydrogen-bond donors (Lipinski definition) is 2. The lowest BCUT2D eigenvalue weighted by Crippen LogP contribution is -2.42. The number of ether oxygens (including phenoxy) is 2. The molecule has 0 saturated carbocycles. The van der Waals surface area contributed by atoms with Crippen LogP contribution in [0.5, 0.6) is 5.75 Å². The van der Waals surface area contributed by atoms with E-state index in [1.54, 1.807) is 31.2 Å². The number of rotatable bonds is 5. The second-order valence-corrected chi connectivity index (χ2v) is 5.53. The Morgan fingerprint density at radius 3 is 2.50 bits per heavy atom. The van der Waals surface area contributed by atoms with E-state index in [0.29, 0.717) is 17.9 Å². The average Bonchev–Trinajstić information content (AvgIpc) is 2.59. The van der Waals surface area contributed by atoms with E-state index in [1.165, 1.54) is 0 Å². The Hall–Kier alpha value is -2.54. The van der Waals surface area contributed by atoms with Crippen molar-refractivity contribution in [1.29, 1.82) is 0 Å². The Bertz CT molecular complexity index is 721. The van der Waals surface area contributed by atoms with Gasteiger partial charge in [0, 0.05) is 10.0 Å². The quantitative estimate of drug-likeness (QED) is 0.764. The van der Waals surface area contributed by atoms with Gasteiger partial charge in [-0.15, -0.1) is 0 Å². The molecule has 2 amide bonds. The molecular weight excluding hydrogens is 376 g/mol. The van der Waals surface area contributed by atoms with E-state index in [1.807, 2.05) is 24.3 Å². The molecule has 0 fully saturated rings. The first-order chi connectivity index (χ1) is 11.6. The SMILES string of the molecule is CCOC(=O)NNC(=O)c1ccccc1OCc1ccccc1Br. The van der Waals surface area contributed by atoms with Crippen molar-refractivity contribution in [3.63, 3.8) is 0 Å². The normalized spacial score (nSPS) is 9.92. The molecule has 2 aromatic carbocycles. The van der Waals surface area contributed by atoms with Gasteiger partial charge in [0.1, 0.15) is 12.4 Å². The summed E-state index contributed by atoms with van der Waals surface area (Å²) in [4.78, 5) is 23.4. The molecule has 0 spiro atoms. The zero-order valence-corrected chi connectivity index (χ0v) is 14.6. The van der Waals surface area contributed by atoms with Crippen molar-refractivity contribution in [2.24, 2.45) is 0 Å². The lowest BCUT2D eigenvalue weighted by molar-refractivity contribution is 0.0908. The van der Waals surface area contributed by atoms with Crippen LogP contribution in [0.15, 0.2) is 53.0 Å². The Morgan fingerprint density at radius 2 is 1.75 bits per heavy atom. The molecule has 0 radical (unpaired) electrons. The first-order valence-corrected chi connectivity index (χ1v) is 8.09. The van der Waals surface area contributed by atoms with Crippen LogP contribution in [0.1, 0.15) is 22.8 Å². The maximum atomic E-state index is 12.2. The van der Waals surface area contributed by atoms with Gasteiger partial charge in [0.25, 0.3) is 5.91 Å². The number of nitrogens with one attached hydrogen (secondary N) is 2. The van der Waals surface area contributed by atoms with Gasteiger partial charge in [0.05, 0.1) is 12.2 Å². The Kier molecular flexibility index (Phi) is 6.62. The zero-order valence-electron chi connectivity index (χ0n) is 13.0. The Balaban J connectivity index is 2.03. The molecule has 7 heteroatoms. The summed E-state index contributed by atoms with van der Waals surface area (Å²) in [6, 6.07) is 14.4. The van der Waals surface area contributed by atoms with Crippen molar-refractivity contribution in [3.05, 3.63) is 64.1 Å². The summed E-state index contributed by atoms with van der Waals surface area (Å²) in [5.74, 6) is -0.0813. The van der Waals surface area contributed by atoms with E-state index in [0.717, 1.165) is 10.0 Å². The first kappa shape index (κ1) is 17.8. The summed E-state index contributed by atoms with van der Waals surface area (Å²) >= 11 is 3.45. The molecule has 0 unspecified atom stereocenters. The van der Waals surface area contributed by atoms with Crippen LogP contribution in [0.2, 0.25) is 0 Å². The van der Waals surface area contributed by atoms with Gasteiger partial charge in [-0.3, -0.25) is 10.2 Å². The number of para-hydroxylation sites is 1. The zero-order chi connectivity index (χ0) is 17.4. The standard InChI is InChI=1S/C17H17BrN2O4/c1-2-23-17(22)20-19-16(21)13-8-4-6-10-15(13)24-11-12-7-3-5-9-14(12)18/h3-10H,2,11H2,1H3,(H,19,21)(H,20,22). The number of benzene rings is 2. The third-order valence-electron chi connectivity index (χ3n) is 3.03. The van der Waals surface area contributed by atoms with Crippen molar-refractivity contribution in [1.82, 2.24) is 10.9 Å². The monoisotopic (exact) mass is 392 g/mol. The van der Waals surface area contributed by atoms with Crippen molar-refractivity contribution < 1.29 is 19.1 Å². The van der Waals surface area contributed by atoms with Crippen LogP contribution in [0.3, 0.4) is 0 Å². The Morgan fingerprint density at radius 1 is 1.04 bits per heavy atom. The van der Waals surface area contributed by atoms with Crippen LogP contribution in [0.4, 0.5) is 4.79 Å². The fourth-order valence-electron chi connectivity index (χ4n) is 1.89. The highest BCUT2D eigenvalue weighted by molar-refractivity contribution is 9.10. The van der Waals surface area contributed by atoms with Crippen LogP contribution >= 0.6 is 15.9 Å². The maximum Gasteiger partial charge on any atom is 0.426 e. The van der Waals surface area contributed by atoms with Crippen molar-refractivity contribution in [2.45, 2.75) is 13.5 Å². The lowest BCUT2D eigenvalue weighted by atomic mass is 10.2. The van der Waals surface area contributed by atoms with Crippen LogP contribution in [0.25, 0.3) is 0 Å². The predicted molar refractivity (Wildman–Crippen MR) is 92.5 cm³/mol. The summed E-state index contributed by atoms with van der Waals surface area (Å²) in [6.07, 6.45) is -0.725. The summed E-state index contributed by atoms with van der Waals surface area (Å²) < 4.78 is 11.3. The number of carbonyl (C=O) groups excluding carboxylic acids is 2. The smallest absolute Gasteiger partial charge is 0.426 e. The number of hydrazine groups is 1. The molecule has 0 aliphatic rings. The highest BCUT2D eigenvalue weighted by atomic mass is 79.9. The van der Waals surface area contributed by atoms with E-state index in [4.69, 9.17) is 4.74 Å². The molecule has 0 aliphatic heterocycles. The molecule has 2 aromatic rings. The second-order valence-electron chi connectivity index (χ2n) is 4.68. The lowest BCUT2D eigenvalue weighted by Gasteiger charge is -2.12. The van der Waals surface area contributed by atoms with E-state index < -0.39 is 12.0 Å². The molecule has 0 saturated heterocycles. The van der Waals surface area contributed by atoms with E-state index in [9.17, 15) is 9.59 Å². The summed E-state index contributed by atoms with van der Waals surface area (Å²) in [6.45, 7) is 2.19. The molecule has 0 aliphatic carbocycles. The molecule has 2 N–H and O–H groups in total. The number of amides is 2. The van der Waals surface area contributed by atoms with Crippen LogP contribution < -0.4 is 15.6 Å². The minimum atomic E-state index is -0.725. The topological polar surface area (TPSA) is 76.7 Å². The van der Waals surface area contributed by atoms with Gasteiger partial charge in [0.2, 0.25) is 0 Å². The number of carbonyl (C=O) groups is 2. The molecule has 0 aromatic heterocycles. The van der Waals surface area contributed by atoms with Crippen LogP contribution in [0, 0.1) is 0 Å². The number of halogens is 1. The average molecular weight is 393 g/mol. The molecule has 0 atom stereocenters. The first-order valence-electron chi connectivity index (χ1n) is 7.30. The van der Waals surface area contributed by atoms with Crippen LogP contribution in [-0.2, 0) is 11.3 Å². The van der Waals surface area contributed by atoms with Gasteiger partial charge in [-0.05, 0) is 25.1 Å². The minimum absolute atomic E-state index is 0.216. The highest BCUT2D eigenvalue weighted by Crippen LogP contribution is 2.22. The minimum Gasteiger partial charge on any atom is -0.488 e. The third kappa shape index (κ3) is 4.99. The number of hydrogen-bond acceptors (Lipinski definition) is 4. The van der Waals surface area contributed by atoms with Gasteiger partial charge in [0.15, 0.2) is 0 Å². The molecule has 0 heterocycles. The van der Waals surface area contributed by atoms with Crippen molar-refractivity contribution >= 4 is 27.9 Å². The molecule has 24 heavy (non-hydrogen) atoms. The second kappa shape index (κ2) is 8.93. The van der Waals surface area contributed by atoms with E-state index >= 15 is 0 Å². The molecule has 6 nitrogen and oxygen atoms in total. The van der Waals surface area contributed by atoms with E-state index in [-0.39, 0.29) is 6.61 Å². The molecule has 2 rings (SSSR count). The van der Waals surface area contributed by atoms with Gasteiger partial charge in [-0.2, -0.15) is 0 Å². The summed E-state index contributed by atoms with van der Waals surface area (Å²) in [5.41, 5.74) is 5.71. The highest BCUT2D eigenvalue weighted by Gasteiger charge is 2.13. The van der Waals surface area contributed by atoms with Gasteiger partial charge >= 0.3 is 6.09 Å².